The number of aromatic nitrogens is 3. The molecule has 46 heavy (non-hydrogen) atoms. The lowest BCUT2D eigenvalue weighted by Gasteiger charge is -2.29. The van der Waals surface area contributed by atoms with Gasteiger partial charge in [0.1, 0.15) is 30.4 Å². The van der Waals surface area contributed by atoms with Gasteiger partial charge in [-0.25, -0.2) is 23.1 Å². The molecule has 0 spiro atoms. The molecular formula is C33H33ClF3N7O2. The molecule has 0 amide bonds. The first-order chi connectivity index (χ1) is 22.4. The highest BCUT2D eigenvalue weighted by molar-refractivity contribution is 6.30. The second-order valence-electron chi connectivity index (χ2n) is 11.1. The van der Waals surface area contributed by atoms with Crippen molar-refractivity contribution >= 4 is 40.9 Å². The SMILES string of the molecule is C=N/N=C(\NCCF)c1cnc2c(c1)nc(CN1CC=C(c3ccc(F)c(OCc4ccc(Cl)cc4F)c3)CC1)n2CC1CCO1. The van der Waals surface area contributed by atoms with Gasteiger partial charge >= 0.3 is 0 Å². The summed E-state index contributed by atoms with van der Waals surface area (Å²) in [6.07, 6.45) is 5.60. The quantitative estimate of drug-likeness (QED) is 0.116. The van der Waals surface area contributed by atoms with Crippen molar-refractivity contribution in [3.8, 4) is 5.75 Å². The summed E-state index contributed by atoms with van der Waals surface area (Å²) in [6, 6.07) is 10.9. The smallest absolute Gasteiger partial charge is 0.165 e. The Morgan fingerprint density at radius 1 is 1.17 bits per heavy atom. The van der Waals surface area contributed by atoms with Crippen molar-refractivity contribution in [3.05, 3.63) is 93.9 Å². The van der Waals surface area contributed by atoms with E-state index in [9.17, 15) is 13.2 Å². The molecule has 4 heterocycles. The van der Waals surface area contributed by atoms with Gasteiger partial charge < -0.3 is 19.4 Å². The van der Waals surface area contributed by atoms with Gasteiger partial charge in [0, 0.05) is 55.3 Å². The highest BCUT2D eigenvalue weighted by Gasteiger charge is 2.24. The second-order valence-corrected chi connectivity index (χ2v) is 11.5. The van der Waals surface area contributed by atoms with Crippen LogP contribution in [0.4, 0.5) is 13.2 Å². The van der Waals surface area contributed by atoms with E-state index in [-0.39, 0.29) is 30.0 Å². The van der Waals surface area contributed by atoms with E-state index < -0.39 is 18.3 Å². The standard InChI is InChI=1S/C33H33ClF3N7O2/c1-38-42-32(39-10-9-35)24-14-29-33(40-17-24)44(18-26-8-13-45-26)31(41-29)19-43-11-6-21(7-12-43)22-3-5-27(36)30(15-22)46-20-23-2-4-25(34)16-28(23)37/h2-6,14-17,26H,1,7-13,18-20H2,(H,39,42). The van der Waals surface area contributed by atoms with E-state index in [1.807, 2.05) is 6.07 Å². The number of halogens is 4. The molecule has 2 aliphatic rings. The van der Waals surface area contributed by atoms with Crippen LogP contribution in [0.15, 0.2) is 64.9 Å². The number of alkyl halides is 1. The first-order valence-corrected chi connectivity index (χ1v) is 15.4. The third-order valence-electron chi connectivity index (χ3n) is 8.03. The summed E-state index contributed by atoms with van der Waals surface area (Å²) in [5.41, 5.74) is 4.28. The second kappa shape index (κ2) is 14.4. The van der Waals surface area contributed by atoms with E-state index in [2.05, 4.69) is 37.8 Å². The molecule has 2 aromatic heterocycles. The molecule has 0 saturated carbocycles. The minimum absolute atomic E-state index is 0.0611. The van der Waals surface area contributed by atoms with Crippen LogP contribution in [0.3, 0.4) is 0 Å². The first-order valence-electron chi connectivity index (χ1n) is 15.0. The molecule has 1 saturated heterocycles. The van der Waals surface area contributed by atoms with Crippen LogP contribution in [0, 0.1) is 11.6 Å². The number of nitrogens with zero attached hydrogens (tertiary/aromatic N) is 6. The van der Waals surface area contributed by atoms with Crippen molar-refractivity contribution in [2.24, 2.45) is 10.2 Å². The zero-order valence-electron chi connectivity index (χ0n) is 25.1. The van der Waals surface area contributed by atoms with E-state index >= 15 is 0 Å². The molecule has 240 valence electrons. The van der Waals surface area contributed by atoms with Gasteiger partial charge in [-0.3, -0.25) is 4.90 Å². The molecule has 9 nitrogen and oxygen atoms in total. The number of hydrogen-bond acceptors (Lipinski definition) is 7. The van der Waals surface area contributed by atoms with Crippen LogP contribution in [0.2, 0.25) is 5.02 Å². The van der Waals surface area contributed by atoms with E-state index in [0.29, 0.717) is 42.1 Å². The predicted octanol–water partition coefficient (Wildman–Crippen LogP) is 5.94. The predicted molar refractivity (Wildman–Crippen MR) is 172 cm³/mol. The number of nitrogens with one attached hydrogen (secondary N) is 1. The van der Waals surface area contributed by atoms with Crippen LogP contribution >= 0.6 is 11.6 Å². The highest BCUT2D eigenvalue weighted by atomic mass is 35.5. The van der Waals surface area contributed by atoms with Gasteiger partial charge in [0.05, 0.1) is 19.2 Å². The summed E-state index contributed by atoms with van der Waals surface area (Å²) in [4.78, 5) is 11.9. The van der Waals surface area contributed by atoms with Crippen LogP contribution in [0.1, 0.15) is 35.4 Å². The summed E-state index contributed by atoms with van der Waals surface area (Å²) < 4.78 is 55.1. The average Bonchev–Trinajstić information content (AvgIpc) is 3.37. The molecular weight excluding hydrogens is 619 g/mol. The molecule has 2 aromatic carbocycles. The Balaban J connectivity index is 1.18. The number of pyridine rings is 1. The molecule has 2 aliphatic heterocycles. The Hall–Kier alpha value is -4.26. The molecule has 1 N–H and O–H groups in total. The Morgan fingerprint density at radius 2 is 2.04 bits per heavy atom. The fourth-order valence-corrected chi connectivity index (χ4v) is 5.65. The Morgan fingerprint density at radius 3 is 2.76 bits per heavy atom. The van der Waals surface area contributed by atoms with Gasteiger partial charge in [0.25, 0.3) is 0 Å². The summed E-state index contributed by atoms with van der Waals surface area (Å²) >= 11 is 5.83. The van der Waals surface area contributed by atoms with Gasteiger partial charge in [0.2, 0.25) is 0 Å². The summed E-state index contributed by atoms with van der Waals surface area (Å²) in [5, 5.41) is 10.8. The molecule has 0 bridgehead atoms. The zero-order chi connectivity index (χ0) is 32.0. The summed E-state index contributed by atoms with van der Waals surface area (Å²) in [7, 11) is 0. The Kier molecular flexibility index (Phi) is 9.96. The van der Waals surface area contributed by atoms with Gasteiger partial charge in [-0.05, 0) is 54.3 Å². The molecule has 1 unspecified atom stereocenters. The van der Waals surface area contributed by atoms with Crippen molar-refractivity contribution in [2.75, 3.05) is 32.9 Å². The first kappa shape index (κ1) is 31.7. The van der Waals surface area contributed by atoms with Crippen molar-refractivity contribution in [1.29, 1.82) is 0 Å². The molecule has 0 aliphatic carbocycles. The topological polar surface area (TPSA) is 89.2 Å². The molecule has 13 heteroatoms. The zero-order valence-corrected chi connectivity index (χ0v) is 25.8. The maximum absolute atomic E-state index is 14.6. The lowest BCUT2D eigenvalue weighted by molar-refractivity contribution is -0.0592. The number of benzene rings is 2. The van der Waals surface area contributed by atoms with Crippen LogP contribution in [0.5, 0.6) is 5.75 Å². The number of hydrogen-bond donors (Lipinski definition) is 1. The third-order valence-corrected chi connectivity index (χ3v) is 8.27. The highest BCUT2D eigenvalue weighted by Crippen LogP contribution is 2.29. The van der Waals surface area contributed by atoms with Crippen LogP contribution in [0.25, 0.3) is 16.7 Å². The summed E-state index contributed by atoms with van der Waals surface area (Å²) in [6.45, 7) is 6.21. The van der Waals surface area contributed by atoms with Crippen molar-refractivity contribution in [2.45, 2.75) is 38.6 Å². The Labute approximate surface area is 269 Å². The lowest BCUT2D eigenvalue weighted by Crippen LogP contribution is -2.33. The normalized spacial score (nSPS) is 17.1. The fourth-order valence-electron chi connectivity index (χ4n) is 5.49. The third kappa shape index (κ3) is 7.24. The maximum Gasteiger partial charge on any atom is 0.165 e. The number of amidine groups is 1. The van der Waals surface area contributed by atoms with Gasteiger partial charge in [-0.15, -0.1) is 5.10 Å². The molecule has 4 aromatic rings. The molecule has 0 radical (unpaired) electrons. The van der Waals surface area contributed by atoms with Gasteiger partial charge in [0.15, 0.2) is 23.0 Å². The monoisotopic (exact) mass is 651 g/mol. The van der Waals surface area contributed by atoms with Crippen LogP contribution in [-0.2, 0) is 24.4 Å². The minimum atomic E-state index is -0.556. The fraction of sp³-hybridized carbons (Fsp3) is 0.333. The number of imidazole rings is 1. The van der Waals surface area contributed by atoms with Gasteiger partial charge in [-0.2, -0.15) is 5.10 Å². The van der Waals surface area contributed by atoms with Gasteiger partial charge in [-0.1, -0.05) is 29.8 Å². The van der Waals surface area contributed by atoms with Crippen molar-refractivity contribution in [1.82, 2.24) is 24.8 Å². The number of fused-ring (bicyclic) bond motifs is 1. The molecule has 1 atom stereocenters. The molecule has 1 fully saturated rings. The van der Waals surface area contributed by atoms with Crippen LogP contribution in [-0.4, -0.2) is 71.0 Å². The van der Waals surface area contributed by atoms with Crippen molar-refractivity contribution in [3.63, 3.8) is 0 Å². The minimum Gasteiger partial charge on any atom is -0.486 e. The van der Waals surface area contributed by atoms with E-state index in [0.717, 1.165) is 48.6 Å². The lowest BCUT2D eigenvalue weighted by atomic mass is 9.99. The molecule has 6 rings (SSSR count). The largest absolute Gasteiger partial charge is 0.486 e. The number of rotatable bonds is 12. The van der Waals surface area contributed by atoms with Crippen molar-refractivity contribution < 1.29 is 22.6 Å². The van der Waals surface area contributed by atoms with E-state index in [1.54, 1.807) is 24.4 Å². The Bertz CT molecular complexity index is 1790. The maximum atomic E-state index is 14.6. The van der Waals surface area contributed by atoms with E-state index in [1.165, 1.54) is 18.2 Å². The van der Waals surface area contributed by atoms with Crippen LogP contribution < -0.4 is 10.1 Å². The number of ether oxygens (including phenoxy) is 2. The average molecular weight is 652 g/mol. The van der Waals surface area contributed by atoms with E-state index in [4.69, 9.17) is 31.0 Å². The summed E-state index contributed by atoms with van der Waals surface area (Å²) in [5.74, 6) is 0.278.